The number of imide groups is 1. The number of nitrogens with two attached hydrogens (primary N) is 1. The predicted molar refractivity (Wildman–Crippen MR) is 178 cm³/mol. The van der Waals surface area contributed by atoms with Gasteiger partial charge >= 0.3 is 0 Å². The number of hydrogen-bond acceptors (Lipinski definition) is 10. The van der Waals surface area contributed by atoms with Gasteiger partial charge in [0.05, 0.1) is 19.9 Å². The van der Waals surface area contributed by atoms with Gasteiger partial charge in [0, 0.05) is 69.4 Å². The summed E-state index contributed by atoms with van der Waals surface area (Å²) in [7, 11) is 1.69. The van der Waals surface area contributed by atoms with E-state index in [0.29, 0.717) is 43.0 Å². The van der Waals surface area contributed by atoms with E-state index in [2.05, 4.69) is 45.3 Å². The van der Waals surface area contributed by atoms with E-state index in [1.807, 2.05) is 15.8 Å². The number of rotatable bonds is 12. The average molecular weight is 644 g/mol. The van der Waals surface area contributed by atoms with Crippen molar-refractivity contribution in [3.8, 4) is 5.75 Å². The lowest BCUT2D eigenvalue weighted by atomic mass is 9.81. The number of ether oxygens (including phenoxy) is 1. The molecule has 3 aliphatic rings. The van der Waals surface area contributed by atoms with Gasteiger partial charge in [-0.05, 0) is 49.7 Å². The summed E-state index contributed by atoms with van der Waals surface area (Å²) in [4.78, 5) is 51.6. The highest BCUT2D eigenvalue weighted by atomic mass is 16.5. The smallest absolute Gasteiger partial charge is 0.253 e. The van der Waals surface area contributed by atoms with Crippen LogP contribution in [0.1, 0.15) is 56.6 Å². The Balaban J connectivity index is 0.994. The van der Waals surface area contributed by atoms with Crippen molar-refractivity contribution in [1.82, 2.24) is 34.4 Å². The average Bonchev–Trinajstić information content (AvgIpc) is 3.63. The standard InChI is InChI=1S/C34H45N9O4/c1-3-4-13-36-32-31-27(37-34(35)38-32)22-42(39-31)21-26-10-7-24(18-28(26)47-2)19-40-14-16-41(17-15-40)33(46)25-8-5-23(6-9-25)20-43-29(44)11-12-30(43)45/h7,10-12,18,22-23,25H,3-6,8-9,13-17,19-21H2,1-2H3,(H3,35,36,37,38). The van der Waals surface area contributed by atoms with Crippen LogP contribution in [0.3, 0.4) is 0 Å². The van der Waals surface area contributed by atoms with Gasteiger partial charge in [0.2, 0.25) is 11.9 Å². The molecule has 0 spiro atoms. The van der Waals surface area contributed by atoms with Crippen molar-refractivity contribution in [2.75, 3.05) is 57.4 Å². The third-order valence-electron chi connectivity index (χ3n) is 9.56. The van der Waals surface area contributed by atoms with E-state index in [1.165, 1.54) is 17.1 Å². The normalized spacial score (nSPS) is 20.4. The molecule has 1 saturated carbocycles. The molecule has 1 aliphatic carbocycles. The molecule has 0 bridgehead atoms. The number of piperazine rings is 1. The fourth-order valence-corrected chi connectivity index (χ4v) is 6.86. The molecule has 3 N–H and O–H groups in total. The first kappa shape index (κ1) is 32.4. The lowest BCUT2D eigenvalue weighted by Gasteiger charge is -2.38. The number of amides is 3. The first-order valence-electron chi connectivity index (χ1n) is 16.8. The molecular formula is C34H45N9O4. The van der Waals surface area contributed by atoms with Gasteiger partial charge in [-0.25, -0.2) is 4.98 Å². The number of anilines is 2. The van der Waals surface area contributed by atoms with E-state index in [1.54, 1.807) is 7.11 Å². The number of unbranched alkanes of at least 4 members (excludes halogenated alkanes) is 1. The van der Waals surface area contributed by atoms with Crippen molar-refractivity contribution in [2.24, 2.45) is 11.8 Å². The minimum Gasteiger partial charge on any atom is -0.496 e. The van der Waals surface area contributed by atoms with Gasteiger partial charge < -0.3 is 20.7 Å². The fraction of sp³-hybridized carbons (Fsp3) is 0.529. The molecule has 1 saturated heterocycles. The van der Waals surface area contributed by atoms with E-state index in [4.69, 9.17) is 15.6 Å². The Morgan fingerprint density at radius 3 is 2.47 bits per heavy atom. The molecule has 3 amide bonds. The zero-order chi connectivity index (χ0) is 32.9. The molecule has 13 nitrogen and oxygen atoms in total. The molecule has 2 aromatic heterocycles. The van der Waals surface area contributed by atoms with Crippen LogP contribution in [-0.4, -0.2) is 98.5 Å². The highest BCUT2D eigenvalue weighted by Crippen LogP contribution is 2.32. The number of hydrogen-bond donors (Lipinski definition) is 2. The molecule has 0 unspecified atom stereocenters. The summed E-state index contributed by atoms with van der Waals surface area (Å²) in [5, 5.41) is 8.09. The van der Waals surface area contributed by atoms with Crippen LogP contribution in [0.15, 0.2) is 36.5 Å². The molecule has 2 fully saturated rings. The molecule has 0 atom stereocenters. The molecule has 250 valence electrons. The Morgan fingerprint density at radius 2 is 1.77 bits per heavy atom. The van der Waals surface area contributed by atoms with Crippen LogP contribution in [0.4, 0.5) is 11.8 Å². The molecule has 47 heavy (non-hydrogen) atoms. The van der Waals surface area contributed by atoms with Crippen LogP contribution in [-0.2, 0) is 27.5 Å². The fourth-order valence-electron chi connectivity index (χ4n) is 6.86. The van der Waals surface area contributed by atoms with Crippen molar-refractivity contribution < 1.29 is 19.1 Å². The minimum atomic E-state index is -0.227. The number of nitrogens with zero attached hydrogens (tertiary/aromatic N) is 7. The second-order valence-electron chi connectivity index (χ2n) is 12.9. The number of carbonyl (C=O) groups excluding carboxylic acids is 3. The van der Waals surface area contributed by atoms with E-state index >= 15 is 0 Å². The highest BCUT2D eigenvalue weighted by molar-refractivity contribution is 6.12. The van der Waals surface area contributed by atoms with Crippen LogP contribution in [0.2, 0.25) is 0 Å². The predicted octanol–water partition coefficient (Wildman–Crippen LogP) is 3.05. The topological polar surface area (TPSA) is 152 Å². The van der Waals surface area contributed by atoms with Crippen LogP contribution in [0.5, 0.6) is 5.75 Å². The van der Waals surface area contributed by atoms with Crippen molar-refractivity contribution in [2.45, 2.75) is 58.5 Å². The zero-order valence-corrected chi connectivity index (χ0v) is 27.4. The third kappa shape index (κ3) is 7.56. The lowest BCUT2D eigenvalue weighted by molar-refractivity contribution is -0.141. The maximum Gasteiger partial charge on any atom is 0.253 e. The van der Waals surface area contributed by atoms with Gasteiger partial charge in [-0.15, -0.1) is 0 Å². The van der Waals surface area contributed by atoms with Gasteiger partial charge in [-0.3, -0.25) is 28.9 Å². The second kappa shape index (κ2) is 14.5. The van der Waals surface area contributed by atoms with Crippen LogP contribution >= 0.6 is 0 Å². The zero-order valence-electron chi connectivity index (χ0n) is 27.4. The monoisotopic (exact) mass is 643 g/mol. The van der Waals surface area contributed by atoms with Gasteiger partial charge in [-0.1, -0.05) is 25.5 Å². The van der Waals surface area contributed by atoms with E-state index in [0.717, 1.165) is 81.6 Å². The van der Waals surface area contributed by atoms with Crippen molar-refractivity contribution in [1.29, 1.82) is 0 Å². The highest BCUT2D eigenvalue weighted by Gasteiger charge is 2.33. The molecule has 2 aliphatic heterocycles. The summed E-state index contributed by atoms with van der Waals surface area (Å²) in [5.74, 6) is 1.75. The Labute approximate surface area is 275 Å². The largest absolute Gasteiger partial charge is 0.496 e. The van der Waals surface area contributed by atoms with Crippen LogP contribution < -0.4 is 15.8 Å². The number of carbonyl (C=O) groups is 3. The van der Waals surface area contributed by atoms with E-state index in [-0.39, 0.29) is 35.5 Å². The third-order valence-corrected chi connectivity index (χ3v) is 9.56. The first-order chi connectivity index (χ1) is 22.8. The summed E-state index contributed by atoms with van der Waals surface area (Å²) in [6, 6.07) is 6.30. The number of methoxy groups -OCH3 is 1. The molecule has 1 aromatic carbocycles. The summed E-state index contributed by atoms with van der Waals surface area (Å²) in [6.45, 7) is 7.75. The summed E-state index contributed by atoms with van der Waals surface area (Å²) in [6.07, 6.45) is 10.0. The molecule has 6 rings (SSSR count). The summed E-state index contributed by atoms with van der Waals surface area (Å²) in [5.41, 5.74) is 9.51. The Morgan fingerprint density at radius 1 is 1.02 bits per heavy atom. The van der Waals surface area contributed by atoms with Gasteiger partial charge in [0.25, 0.3) is 11.8 Å². The number of aromatic nitrogens is 4. The van der Waals surface area contributed by atoms with Crippen LogP contribution in [0.25, 0.3) is 11.0 Å². The lowest BCUT2D eigenvalue weighted by Crippen LogP contribution is -2.50. The van der Waals surface area contributed by atoms with Gasteiger partial charge in [0.1, 0.15) is 11.3 Å². The first-order valence-corrected chi connectivity index (χ1v) is 16.8. The Hall–Kier alpha value is -4.52. The number of fused-ring (bicyclic) bond motifs is 1. The molecule has 0 radical (unpaired) electrons. The van der Waals surface area contributed by atoms with E-state index < -0.39 is 0 Å². The van der Waals surface area contributed by atoms with Crippen LogP contribution in [0, 0.1) is 11.8 Å². The number of nitrogen functional groups attached to an aromatic ring is 1. The molecular weight excluding hydrogens is 598 g/mol. The van der Waals surface area contributed by atoms with Gasteiger partial charge in [0.15, 0.2) is 11.3 Å². The quantitative estimate of drug-likeness (QED) is 0.223. The number of nitrogens with one attached hydrogen (secondary N) is 1. The SMILES string of the molecule is CCCCNc1nc(N)nc2cn(Cc3ccc(CN4CCN(C(=O)C5CCC(CN6C(=O)C=CC6=O)CC5)CC4)cc3OC)nc12. The summed E-state index contributed by atoms with van der Waals surface area (Å²) >= 11 is 0. The Kier molecular flexibility index (Phi) is 10.00. The number of benzene rings is 1. The maximum absolute atomic E-state index is 13.3. The van der Waals surface area contributed by atoms with E-state index in [9.17, 15) is 14.4 Å². The second-order valence-corrected chi connectivity index (χ2v) is 12.9. The minimum absolute atomic E-state index is 0.0263. The maximum atomic E-state index is 13.3. The van der Waals surface area contributed by atoms with Crippen molar-refractivity contribution in [3.05, 3.63) is 47.7 Å². The molecule has 13 heteroatoms. The van der Waals surface area contributed by atoms with Crippen molar-refractivity contribution >= 4 is 40.5 Å². The molecule has 4 heterocycles. The Bertz CT molecular complexity index is 1620. The molecule has 3 aromatic rings. The van der Waals surface area contributed by atoms with Crippen molar-refractivity contribution in [3.63, 3.8) is 0 Å². The van der Waals surface area contributed by atoms with Gasteiger partial charge in [-0.2, -0.15) is 10.1 Å². The summed E-state index contributed by atoms with van der Waals surface area (Å²) < 4.78 is 7.63.